The van der Waals surface area contributed by atoms with Gasteiger partial charge in [-0.25, -0.2) is 0 Å². The summed E-state index contributed by atoms with van der Waals surface area (Å²) in [5.41, 5.74) is 5.31. The fourth-order valence-corrected chi connectivity index (χ4v) is 3.08. The van der Waals surface area contributed by atoms with E-state index in [2.05, 4.69) is 0 Å². The molecule has 4 nitrogen and oxygen atoms in total. The van der Waals surface area contributed by atoms with Gasteiger partial charge >= 0.3 is 0 Å². The second-order valence-corrected chi connectivity index (χ2v) is 4.44. The van der Waals surface area contributed by atoms with E-state index in [-0.39, 0.29) is 11.8 Å². The molecule has 2 aliphatic rings. The van der Waals surface area contributed by atoms with Gasteiger partial charge in [-0.15, -0.1) is 0 Å². The molecule has 1 unspecified atom stereocenters. The third kappa shape index (κ3) is 1.56. The van der Waals surface area contributed by atoms with Crippen LogP contribution in [0.25, 0.3) is 0 Å². The molecule has 0 aromatic rings. The van der Waals surface area contributed by atoms with Crippen LogP contribution in [-0.2, 0) is 14.3 Å². The smallest absolute Gasteiger partial charge is 0.226 e. The van der Waals surface area contributed by atoms with E-state index in [9.17, 15) is 4.79 Å². The summed E-state index contributed by atoms with van der Waals surface area (Å²) < 4.78 is 11.0. The molecule has 74 valence electrons. The van der Waals surface area contributed by atoms with Crippen molar-refractivity contribution < 1.29 is 14.3 Å². The van der Waals surface area contributed by atoms with Crippen molar-refractivity contribution in [2.24, 2.45) is 11.7 Å². The minimum Gasteiger partial charge on any atom is -0.369 e. The number of carbonyl (C=O) groups is 1. The Hall–Kier alpha value is -0.260. The fraction of sp³-hybridized carbons (Fsp3) is 0.875. The number of hydrogen-bond donors (Lipinski definition) is 1. The molecule has 1 spiro atoms. The molecule has 13 heavy (non-hydrogen) atoms. The lowest BCUT2D eigenvalue weighted by Crippen LogP contribution is -2.50. The second-order valence-electron chi connectivity index (χ2n) is 3.29. The zero-order chi connectivity index (χ0) is 9.31. The van der Waals surface area contributed by atoms with E-state index in [1.807, 2.05) is 0 Å². The summed E-state index contributed by atoms with van der Waals surface area (Å²) in [6, 6.07) is 0. The number of nitrogens with two attached hydrogens (primary N) is 1. The molecule has 0 aromatic heterocycles. The highest BCUT2D eigenvalue weighted by molar-refractivity contribution is 7.99. The van der Waals surface area contributed by atoms with Gasteiger partial charge in [0.1, 0.15) is 5.92 Å². The van der Waals surface area contributed by atoms with Gasteiger partial charge in [0.15, 0.2) is 5.79 Å². The lowest BCUT2D eigenvalue weighted by Gasteiger charge is -2.36. The largest absolute Gasteiger partial charge is 0.369 e. The zero-order valence-corrected chi connectivity index (χ0v) is 8.14. The SMILES string of the molecule is NC(=O)C1CSCCC12OCCO2. The molecule has 0 bridgehead atoms. The lowest BCUT2D eigenvalue weighted by atomic mass is 9.96. The van der Waals surface area contributed by atoms with Crippen molar-refractivity contribution in [3.63, 3.8) is 0 Å². The molecule has 2 aliphatic heterocycles. The molecule has 2 saturated heterocycles. The second kappa shape index (κ2) is 3.48. The third-order valence-corrected chi connectivity index (χ3v) is 3.59. The van der Waals surface area contributed by atoms with Crippen LogP contribution in [0.1, 0.15) is 6.42 Å². The number of thioether (sulfide) groups is 1. The highest BCUT2D eigenvalue weighted by Crippen LogP contribution is 2.38. The van der Waals surface area contributed by atoms with Crippen molar-refractivity contribution in [2.75, 3.05) is 24.7 Å². The summed E-state index contributed by atoms with van der Waals surface area (Å²) in [7, 11) is 0. The highest BCUT2D eigenvalue weighted by Gasteiger charge is 2.48. The molecule has 0 aliphatic carbocycles. The van der Waals surface area contributed by atoms with E-state index in [1.54, 1.807) is 11.8 Å². The Morgan fingerprint density at radius 3 is 2.77 bits per heavy atom. The molecule has 1 amide bonds. The number of hydrogen-bond acceptors (Lipinski definition) is 4. The first-order valence-corrected chi connectivity index (χ1v) is 5.55. The topological polar surface area (TPSA) is 61.6 Å². The summed E-state index contributed by atoms with van der Waals surface area (Å²) in [6.45, 7) is 1.16. The fourth-order valence-electron chi connectivity index (χ4n) is 1.83. The number of primary amides is 1. The molecule has 0 saturated carbocycles. The predicted octanol–water partition coefficient (Wildman–Crippen LogP) is -0.0321. The Morgan fingerprint density at radius 1 is 1.46 bits per heavy atom. The van der Waals surface area contributed by atoms with Crippen molar-refractivity contribution in [2.45, 2.75) is 12.2 Å². The Balaban J connectivity index is 2.16. The van der Waals surface area contributed by atoms with Crippen LogP contribution in [0.15, 0.2) is 0 Å². The van der Waals surface area contributed by atoms with E-state index in [1.165, 1.54) is 0 Å². The van der Waals surface area contributed by atoms with Gasteiger partial charge in [-0.2, -0.15) is 11.8 Å². The van der Waals surface area contributed by atoms with Crippen LogP contribution in [0.3, 0.4) is 0 Å². The van der Waals surface area contributed by atoms with Crippen LogP contribution in [0, 0.1) is 5.92 Å². The Labute approximate surface area is 81.1 Å². The first kappa shape index (κ1) is 9.30. The molecular formula is C8H13NO3S. The standard InChI is InChI=1S/C8H13NO3S/c9-7(10)6-5-13-4-1-8(6)11-2-3-12-8/h6H,1-5H2,(H2,9,10). The Bertz CT molecular complexity index is 215. The third-order valence-electron chi connectivity index (χ3n) is 2.53. The Morgan fingerprint density at radius 2 is 2.15 bits per heavy atom. The lowest BCUT2D eigenvalue weighted by molar-refractivity contribution is -0.194. The molecule has 5 heteroatoms. The minimum atomic E-state index is -0.683. The summed E-state index contributed by atoms with van der Waals surface area (Å²) in [4.78, 5) is 11.2. The monoisotopic (exact) mass is 203 g/mol. The molecule has 1 atom stereocenters. The number of amides is 1. The maximum atomic E-state index is 11.2. The Kier molecular flexibility index (Phi) is 2.49. The molecule has 0 radical (unpaired) electrons. The molecule has 2 fully saturated rings. The molecular weight excluding hydrogens is 190 g/mol. The van der Waals surface area contributed by atoms with Crippen LogP contribution < -0.4 is 5.73 Å². The van der Waals surface area contributed by atoms with Crippen molar-refractivity contribution >= 4 is 17.7 Å². The van der Waals surface area contributed by atoms with Crippen LogP contribution in [0.4, 0.5) is 0 Å². The van der Waals surface area contributed by atoms with E-state index < -0.39 is 5.79 Å². The summed E-state index contributed by atoms with van der Waals surface area (Å²) in [5.74, 6) is 0.416. The van der Waals surface area contributed by atoms with Gasteiger partial charge in [0.05, 0.1) is 13.2 Å². The maximum Gasteiger partial charge on any atom is 0.226 e. The van der Waals surface area contributed by atoms with Crippen molar-refractivity contribution in [1.82, 2.24) is 0 Å². The maximum absolute atomic E-state index is 11.2. The van der Waals surface area contributed by atoms with Gasteiger partial charge < -0.3 is 15.2 Å². The van der Waals surface area contributed by atoms with E-state index >= 15 is 0 Å². The van der Waals surface area contributed by atoms with Gasteiger partial charge in [0.25, 0.3) is 0 Å². The van der Waals surface area contributed by atoms with Gasteiger partial charge in [0, 0.05) is 12.2 Å². The average molecular weight is 203 g/mol. The molecule has 2 N–H and O–H groups in total. The van der Waals surface area contributed by atoms with Gasteiger partial charge in [0.2, 0.25) is 5.91 Å². The van der Waals surface area contributed by atoms with Gasteiger partial charge in [-0.3, -0.25) is 4.79 Å². The highest BCUT2D eigenvalue weighted by atomic mass is 32.2. The quantitative estimate of drug-likeness (QED) is 0.650. The summed E-state index contributed by atoms with van der Waals surface area (Å²) in [5, 5.41) is 0. The number of carbonyl (C=O) groups excluding carboxylic acids is 1. The molecule has 2 heterocycles. The number of ether oxygens (including phenoxy) is 2. The van der Waals surface area contributed by atoms with E-state index in [0.29, 0.717) is 13.2 Å². The summed E-state index contributed by atoms with van der Waals surface area (Å²) in [6.07, 6.45) is 0.769. The van der Waals surface area contributed by atoms with Gasteiger partial charge in [-0.1, -0.05) is 0 Å². The summed E-state index contributed by atoms with van der Waals surface area (Å²) >= 11 is 1.73. The van der Waals surface area contributed by atoms with Gasteiger partial charge in [-0.05, 0) is 5.75 Å². The van der Waals surface area contributed by atoms with Crippen molar-refractivity contribution in [1.29, 1.82) is 0 Å². The van der Waals surface area contributed by atoms with Crippen LogP contribution >= 0.6 is 11.8 Å². The first-order valence-electron chi connectivity index (χ1n) is 4.39. The zero-order valence-electron chi connectivity index (χ0n) is 7.32. The van der Waals surface area contributed by atoms with Crippen molar-refractivity contribution in [3.05, 3.63) is 0 Å². The van der Waals surface area contributed by atoms with E-state index in [0.717, 1.165) is 17.9 Å². The van der Waals surface area contributed by atoms with Crippen LogP contribution in [0.5, 0.6) is 0 Å². The van der Waals surface area contributed by atoms with E-state index in [4.69, 9.17) is 15.2 Å². The number of rotatable bonds is 1. The van der Waals surface area contributed by atoms with Crippen LogP contribution in [-0.4, -0.2) is 36.4 Å². The van der Waals surface area contributed by atoms with Crippen molar-refractivity contribution in [3.8, 4) is 0 Å². The first-order chi connectivity index (χ1) is 6.25. The average Bonchev–Trinajstić information content (AvgIpc) is 2.54. The predicted molar refractivity (Wildman–Crippen MR) is 49.3 cm³/mol. The molecule has 2 rings (SSSR count). The molecule has 0 aromatic carbocycles. The normalized spacial score (nSPS) is 32.2. The minimum absolute atomic E-state index is 0.284. The van der Waals surface area contributed by atoms with Crippen LogP contribution in [0.2, 0.25) is 0 Å².